The smallest absolute Gasteiger partial charge is 0.213 e. The van der Waals surface area contributed by atoms with Crippen LogP contribution in [-0.2, 0) is 0 Å². The number of rotatable bonds is 7. The van der Waals surface area contributed by atoms with E-state index in [2.05, 4.69) is 45.9 Å². The molecule has 6 nitrogen and oxygen atoms in total. The summed E-state index contributed by atoms with van der Waals surface area (Å²) in [4.78, 5) is 17.4. The molecule has 3 heterocycles. The second kappa shape index (κ2) is 8.71. The number of aromatic amines is 1. The van der Waals surface area contributed by atoms with Crippen LogP contribution in [0, 0.1) is 6.92 Å². The number of benzene rings is 1. The van der Waals surface area contributed by atoms with E-state index in [1.807, 2.05) is 18.2 Å². The second-order valence-electron chi connectivity index (χ2n) is 7.64. The van der Waals surface area contributed by atoms with Crippen molar-refractivity contribution in [2.75, 3.05) is 46.4 Å². The number of imidazole rings is 1. The summed E-state index contributed by atoms with van der Waals surface area (Å²) in [7, 11) is 2.19. The predicted octanol–water partition coefficient (Wildman–Crippen LogP) is 3.34. The lowest BCUT2D eigenvalue weighted by Gasteiger charge is -2.32. The molecule has 28 heavy (non-hydrogen) atoms. The van der Waals surface area contributed by atoms with Crippen molar-refractivity contribution in [3.05, 3.63) is 42.1 Å². The van der Waals surface area contributed by atoms with E-state index >= 15 is 0 Å². The number of H-pyrrole nitrogens is 1. The van der Waals surface area contributed by atoms with E-state index < -0.39 is 0 Å². The molecule has 6 heteroatoms. The van der Waals surface area contributed by atoms with Crippen LogP contribution in [0.5, 0.6) is 5.88 Å². The third kappa shape index (κ3) is 4.51. The van der Waals surface area contributed by atoms with Crippen molar-refractivity contribution in [1.29, 1.82) is 0 Å². The number of pyridine rings is 1. The van der Waals surface area contributed by atoms with E-state index in [-0.39, 0.29) is 0 Å². The summed E-state index contributed by atoms with van der Waals surface area (Å²) in [6.45, 7) is 8.64. The number of likely N-dealkylation sites (N-methyl/N-ethyl adjacent to an activating group) is 1. The van der Waals surface area contributed by atoms with Crippen LogP contribution < -0.4 is 4.74 Å². The Bertz CT molecular complexity index is 914. The van der Waals surface area contributed by atoms with E-state index in [1.54, 1.807) is 6.20 Å². The molecule has 0 aliphatic carbocycles. The van der Waals surface area contributed by atoms with Crippen molar-refractivity contribution < 1.29 is 4.74 Å². The van der Waals surface area contributed by atoms with Gasteiger partial charge in [-0.25, -0.2) is 9.97 Å². The number of aromatic nitrogens is 3. The fourth-order valence-electron chi connectivity index (χ4n) is 3.63. The molecule has 0 bridgehead atoms. The molecule has 1 saturated heterocycles. The molecule has 1 aliphatic heterocycles. The average molecular weight is 380 g/mol. The first-order valence-corrected chi connectivity index (χ1v) is 10.1. The van der Waals surface area contributed by atoms with Gasteiger partial charge in [-0.05, 0) is 51.1 Å². The fraction of sp³-hybridized carbons (Fsp3) is 0.455. The zero-order valence-corrected chi connectivity index (χ0v) is 16.8. The topological polar surface area (TPSA) is 57.3 Å². The number of ether oxygens (including phenoxy) is 1. The number of aryl methyl sites for hydroxylation is 1. The van der Waals surface area contributed by atoms with Gasteiger partial charge in [0.2, 0.25) is 5.88 Å². The number of fused-ring (bicyclic) bond motifs is 1. The van der Waals surface area contributed by atoms with Gasteiger partial charge < -0.3 is 19.5 Å². The lowest BCUT2D eigenvalue weighted by Crippen LogP contribution is -2.44. The minimum absolute atomic E-state index is 0.661. The highest BCUT2D eigenvalue weighted by Gasteiger charge is 2.13. The second-order valence-corrected chi connectivity index (χ2v) is 7.64. The Morgan fingerprint density at radius 2 is 1.96 bits per heavy atom. The molecule has 0 atom stereocenters. The van der Waals surface area contributed by atoms with Gasteiger partial charge in [0.05, 0.1) is 17.6 Å². The minimum Gasteiger partial charge on any atom is -0.478 e. The molecule has 3 aromatic rings. The highest BCUT2D eigenvalue weighted by atomic mass is 16.5. The average Bonchev–Trinajstić information content (AvgIpc) is 3.15. The first kappa shape index (κ1) is 18.9. The maximum Gasteiger partial charge on any atom is 0.213 e. The number of piperazine rings is 1. The molecule has 4 rings (SSSR count). The molecule has 1 fully saturated rings. The zero-order chi connectivity index (χ0) is 19.3. The van der Waals surface area contributed by atoms with Gasteiger partial charge in [-0.2, -0.15) is 0 Å². The Morgan fingerprint density at radius 1 is 1.11 bits per heavy atom. The van der Waals surface area contributed by atoms with Crippen LogP contribution in [0.15, 0.2) is 36.5 Å². The van der Waals surface area contributed by atoms with Crippen molar-refractivity contribution in [2.24, 2.45) is 0 Å². The normalized spacial score (nSPS) is 15.9. The Balaban J connectivity index is 1.29. The standard InChI is InChI=1S/C22H29N5O/c1-17-6-5-7-19-21(17)25-22(24-19)18-8-9-23-20(16-18)28-15-4-3-10-27-13-11-26(2)12-14-27/h5-9,16H,3-4,10-15H2,1-2H3,(H,24,25). The maximum atomic E-state index is 5.89. The molecule has 1 aliphatic rings. The van der Waals surface area contributed by atoms with Gasteiger partial charge in [-0.3, -0.25) is 0 Å². The molecule has 1 aromatic carbocycles. The van der Waals surface area contributed by atoms with E-state index in [0.29, 0.717) is 12.5 Å². The molecule has 0 amide bonds. The SMILES string of the molecule is Cc1cccc2[nH]c(-c3ccnc(OCCCCN4CCN(C)CC4)c3)nc12. The third-order valence-electron chi connectivity index (χ3n) is 5.44. The van der Waals surface area contributed by atoms with Crippen molar-refractivity contribution in [1.82, 2.24) is 24.8 Å². The monoisotopic (exact) mass is 379 g/mol. The van der Waals surface area contributed by atoms with Gasteiger partial charge in [0, 0.05) is 44.0 Å². The minimum atomic E-state index is 0.661. The zero-order valence-electron chi connectivity index (χ0n) is 16.8. The van der Waals surface area contributed by atoms with Crippen molar-refractivity contribution in [3.63, 3.8) is 0 Å². The van der Waals surface area contributed by atoms with Crippen molar-refractivity contribution in [3.8, 4) is 17.3 Å². The Kier molecular flexibility index (Phi) is 5.88. The van der Waals surface area contributed by atoms with Crippen molar-refractivity contribution in [2.45, 2.75) is 19.8 Å². The summed E-state index contributed by atoms with van der Waals surface area (Å²) >= 11 is 0. The highest BCUT2D eigenvalue weighted by Crippen LogP contribution is 2.24. The van der Waals surface area contributed by atoms with Gasteiger partial charge in [0.1, 0.15) is 5.82 Å². The summed E-state index contributed by atoms with van der Waals surface area (Å²) in [6.07, 6.45) is 3.99. The summed E-state index contributed by atoms with van der Waals surface area (Å²) in [6, 6.07) is 10.1. The van der Waals surface area contributed by atoms with Gasteiger partial charge in [-0.1, -0.05) is 12.1 Å². The molecular formula is C22H29N5O. The van der Waals surface area contributed by atoms with Gasteiger partial charge in [0.25, 0.3) is 0 Å². The molecular weight excluding hydrogens is 350 g/mol. The van der Waals surface area contributed by atoms with Gasteiger partial charge in [0.15, 0.2) is 0 Å². The lowest BCUT2D eigenvalue weighted by molar-refractivity contribution is 0.149. The van der Waals surface area contributed by atoms with Crippen LogP contribution in [0.1, 0.15) is 18.4 Å². The summed E-state index contributed by atoms with van der Waals surface area (Å²) < 4.78 is 5.89. The quantitative estimate of drug-likeness (QED) is 0.638. The fourth-order valence-corrected chi connectivity index (χ4v) is 3.63. The molecule has 0 saturated carbocycles. The Labute approximate surface area is 166 Å². The summed E-state index contributed by atoms with van der Waals surface area (Å²) in [5.41, 5.74) is 4.24. The van der Waals surface area contributed by atoms with Crippen molar-refractivity contribution >= 4 is 11.0 Å². The van der Waals surface area contributed by atoms with Crippen LogP contribution >= 0.6 is 0 Å². The van der Waals surface area contributed by atoms with Crippen LogP contribution in [0.25, 0.3) is 22.4 Å². The molecule has 148 valence electrons. The van der Waals surface area contributed by atoms with E-state index in [0.717, 1.165) is 41.8 Å². The number of nitrogens with zero attached hydrogens (tertiary/aromatic N) is 4. The van der Waals surface area contributed by atoms with E-state index in [4.69, 9.17) is 9.72 Å². The summed E-state index contributed by atoms with van der Waals surface area (Å²) in [5, 5.41) is 0. The predicted molar refractivity (Wildman–Crippen MR) is 113 cm³/mol. The molecule has 2 aromatic heterocycles. The number of para-hydroxylation sites is 1. The van der Waals surface area contributed by atoms with Crippen LogP contribution in [0.2, 0.25) is 0 Å². The lowest BCUT2D eigenvalue weighted by atomic mass is 10.2. The number of hydrogen-bond donors (Lipinski definition) is 1. The first-order valence-electron chi connectivity index (χ1n) is 10.1. The van der Waals surface area contributed by atoms with Crippen LogP contribution in [0.4, 0.5) is 0 Å². The third-order valence-corrected chi connectivity index (χ3v) is 5.44. The number of hydrogen-bond acceptors (Lipinski definition) is 5. The first-order chi connectivity index (χ1) is 13.7. The van der Waals surface area contributed by atoms with E-state index in [1.165, 1.54) is 31.7 Å². The Hall–Kier alpha value is -2.44. The summed E-state index contributed by atoms with van der Waals surface area (Å²) in [5.74, 6) is 1.51. The Morgan fingerprint density at radius 3 is 2.79 bits per heavy atom. The van der Waals surface area contributed by atoms with Crippen LogP contribution in [0.3, 0.4) is 0 Å². The number of unbranched alkanes of at least 4 members (excludes halogenated alkanes) is 1. The maximum absolute atomic E-state index is 5.89. The largest absolute Gasteiger partial charge is 0.478 e. The van der Waals surface area contributed by atoms with Gasteiger partial charge in [-0.15, -0.1) is 0 Å². The molecule has 1 N–H and O–H groups in total. The molecule has 0 radical (unpaired) electrons. The molecule has 0 spiro atoms. The molecule has 0 unspecified atom stereocenters. The highest BCUT2D eigenvalue weighted by molar-refractivity contribution is 5.82. The van der Waals surface area contributed by atoms with Gasteiger partial charge >= 0.3 is 0 Å². The van der Waals surface area contributed by atoms with E-state index in [9.17, 15) is 0 Å². The van der Waals surface area contributed by atoms with Crippen LogP contribution in [-0.4, -0.2) is 71.1 Å². The number of nitrogens with one attached hydrogen (secondary N) is 1.